The predicted molar refractivity (Wildman–Crippen MR) is 107 cm³/mol. The summed E-state index contributed by atoms with van der Waals surface area (Å²) in [6.45, 7) is 0.545. The number of nitrogens with zero attached hydrogens (tertiary/aromatic N) is 3. The van der Waals surface area contributed by atoms with Gasteiger partial charge < -0.3 is 9.73 Å². The van der Waals surface area contributed by atoms with Gasteiger partial charge in [-0.1, -0.05) is 48.5 Å². The minimum absolute atomic E-state index is 0.109. The number of fused-ring (bicyclic) bond motifs is 1. The van der Waals surface area contributed by atoms with E-state index in [0.29, 0.717) is 13.0 Å². The van der Waals surface area contributed by atoms with Gasteiger partial charge in [-0.05, 0) is 24.1 Å². The highest BCUT2D eigenvalue weighted by Gasteiger charge is 2.13. The second-order valence-electron chi connectivity index (χ2n) is 6.53. The van der Waals surface area contributed by atoms with E-state index in [1.807, 2.05) is 54.6 Å². The number of carbonyl (C=O) groups excluding carboxylic acids is 1. The molecule has 1 amide bonds. The van der Waals surface area contributed by atoms with Crippen LogP contribution in [0.4, 0.5) is 0 Å². The predicted octanol–water partition coefficient (Wildman–Crippen LogP) is 3.47. The van der Waals surface area contributed by atoms with E-state index >= 15 is 0 Å². The number of carbonyl (C=O) groups is 1. The zero-order chi connectivity index (χ0) is 19.2. The second-order valence-corrected chi connectivity index (χ2v) is 6.53. The van der Waals surface area contributed by atoms with E-state index in [1.54, 1.807) is 23.3 Å². The number of benzene rings is 2. The molecule has 1 atom stereocenters. The summed E-state index contributed by atoms with van der Waals surface area (Å²) in [5.74, 6) is -0.161. The third-order valence-electron chi connectivity index (χ3n) is 4.47. The molecule has 2 aromatic carbocycles. The number of rotatable bonds is 7. The molecule has 0 saturated heterocycles. The van der Waals surface area contributed by atoms with Crippen LogP contribution in [0.2, 0.25) is 0 Å². The summed E-state index contributed by atoms with van der Waals surface area (Å²) in [5, 5.41) is 8.20. The molecule has 140 valence electrons. The average molecular weight is 372 g/mol. The molecule has 0 saturated carbocycles. The minimum atomic E-state index is -0.161. The van der Waals surface area contributed by atoms with E-state index < -0.39 is 0 Å². The fraction of sp³-hybridized carbons (Fsp3) is 0.136. The van der Waals surface area contributed by atoms with Crippen molar-refractivity contribution in [1.29, 1.82) is 0 Å². The Morgan fingerprint density at radius 2 is 1.96 bits per heavy atom. The Kier molecular flexibility index (Phi) is 5.29. The normalized spacial score (nSPS) is 12.4. The lowest BCUT2D eigenvalue weighted by atomic mass is 10.1. The molecular weight excluding hydrogens is 352 g/mol. The van der Waals surface area contributed by atoms with Crippen molar-refractivity contribution in [3.8, 4) is 0 Å². The number of hydrogen-bond acceptors (Lipinski definition) is 4. The highest BCUT2D eigenvalue weighted by molar-refractivity contribution is 5.95. The van der Waals surface area contributed by atoms with Crippen molar-refractivity contribution < 1.29 is 9.21 Å². The topological polar surface area (TPSA) is 73.0 Å². The van der Waals surface area contributed by atoms with Gasteiger partial charge in [0, 0.05) is 17.0 Å². The number of hydrogen-bond donors (Lipinski definition) is 1. The average Bonchev–Trinajstić information content (AvgIpc) is 3.37. The molecule has 0 fully saturated rings. The van der Waals surface area contributed by atoms with Gasteiger partial charge in [0.1, 0.15) is 18.2 Å². The molecule has 6 nitrogen and oxygen atoms in total. The summed E-state index contributed by atoms with van der Waals surface area (Å²) in [5.41, 5.74) is 2.83. The third kappa shape index (κ3) is 4.35. The van der Waals surface area contributed by atoms with Crippen LogP contribution in [-0.2, 0) is 17.8 Å². The fourth-order valence-electron chi connectivity index (χ4n) is 3.15. The molecule has 28 heavy (non-hydrogen) atoms. The number of furan rings is 1. The molecule has 1 N–H and O–H groups in total. The molecule has 2 heterocycles. The number of aromatic nitrogens is 3. The standard InChI is InChI=1S/C22H20N4O2/c27-22(11-10-18-14-28-21-9-5-4-8-20(18)21)25-19(13-26-16-23-15-24-26)12-17-6-2-1-3-7-17/h1-11,14-16,19H,12-13H2,(H,25,27)/b11-10+. The van der Waals surface area contributed by atoms with Gasteiger partial charge in [-0.3, -0.25) is 9.48 Å². The van der Waals surface area contributed by atoms with Crippen molar-refractivity contribution in [3.63, 3.8) is 0 Å². The second kappa shape index (κ2) is 8.35. The summed E-state index contributed by atoms with van der Waals surface area (Å²) in [7, 11) is 0. The van der Waals surface area contributed by atoms with E-state index in [2.05, 4.69) is 15.4 Å². The summed E-state index contributed by atoms with van der Waals surface area (Å²) >= 11 is 0. The van der Waals surface area contributed by atoms with Crippen molar-refractivity contribution in [2.45, 2.75) is 19.0 Å². The largest absolute Gasteiger partial charge is 0.464 e. The Balaban J connectivity index is 1.46. The summed E-state index contributed by atoms with van der Waals surface area (Å²) in [6.07, 6.45) is 8.82. The number of para-hydroxylation sites is 1. The van der Waals surface area contributed by atoms with Gasteiger partial charge in [0.15, 0.2) is 0 Å². The Bertz CT molecular complexity index is 1070. The zero-order valence-corrected chi connectivity index (χ0v) is 15.2. The van der Waals surface area contributed by atoms with Gasteiger partial charge >= 0.3 is 0 Å². The van der Waals surface area contributed by atoms with E-state index in [0.717, 1.165) is 22.1 Å². The lowest BCUT2D eigenvalue weighted by molar-refractivity contribution is -0.117. The molecule has 0 spiro atoms. The first kappa shape index (κ1) is 17.7. The van der Waals surface area contributed by atoms with Crippen molar-refractivity contribution in [1.82, 2.24) is 20.1 Å². The van der Waals surface area contributed by atoms with Crippen LogP contribution in [0.5, 0.6) is 0 Å². The van der Waals surface area contributed by atoms with Gasteiger partial charge in [-0.25, -0.2) is 4.98 Å². The van der Waals surface area contributed by atoms with Crippen molar-refractivity contribution in [2.24, 2.45) is 0 Å². The van der Waals surface area contributed by atoms with Crippen LogP contribution in [0.25, 0.3) is 17.0 Å². The number of nitrogens with one attached hydrogen (secondary N) is 1. The van der Waals surface area contributed by atoms with Crippen LogP contribution in [0.3, 0.4) is 0 Å². The molecule has 0 aliphatic carbocycles. The quantitative estimate of drug-likeness (QED) is 0.504. The molecular formula is C22H20N4O2. The fourth-order valence-corrected chi connectivity index (χ4v) is 3.15. The Hall–Kier alpha value is -3.67. The molecule has 0 bridgehead atoms. The summed E-state index contributed by atoms with van der Waals surface area (Å²) < 4.78 is 7.23. The molecule has 1 unspecified atom stereocenters. The summed E-state index contributed by atoms with van der Waals surface area (Å²) in [6, 6.07) is 17.7. The molecule has 4 aromatic rings. The first-order chi connectivity index (χ1) is 13.8. The van der Waals surface area contributed by atoms with Crippen molar-refractivity contribution in [2.75, 3.05) is 0 Å². The molecule has 4 rings (SSSR count). The number of amides is 1. The van der Waals surface area contributed by atoms with Crippen LogP contribution in [0, 0.1) is 0 Å². The molecule has 0 radical (unpaired) electrons. The lowest BCUT2D eigenvalue weighted by Gasteiger charge is -2.18. The minimum Gasteiger partial charge on any atom is -0.464 e. The lowest BCUT2D eigenvalue weighted by Crippen LogP contribution is -2.38. The van der Waals surface area contributed by atoms with E-state index in [4.69, 9.17) is 4.42 Å². The molecule has 6 heteroatoms. The van der Waals surface area contributed by atoms with Crippen LogP contribution in [0.1, 0.15) is 11.1 Å². The maximum Gasteiger partial charge on any atom is 0.244 e. The maximum absolute atomic E-state index is 12.5. The maximum atomic E-state index is 12.5. The highest BCUT2D eigenvalue weighted by Crippen LogP contribution is 2.21. The van der Waals surface area contributed by atoms with Gasteiger partial charge in [-0.15, -0.1) is 0 Å². The Labute approximate surface area is 162 Å². The van der Waals surface area contributed by atoms with E-state index in [1.165, 1.54) is 12.4 Å². The van der Waals surface area contributed by atoms with Gasteiger partial charge in [0.2, 0.25) is 5.91 Å². The molecule has 0 aliphatic heterocycles. The van der Waals surface area contributed by atoms with Crippen molar-refractivity contribution >= 4 is 23.0 Å². The van der Waals surface area contributed by atoms with Gasteiger partial charge in [0.05, 0.1) is 18.8 Å². The van der Waals surface area contributed by atoms with E-state index in [-0.39, 0.29) is 11.9 Å². The SMILES string of the molecule is O=C(/C=C/c1coc2ccccc12)NC(Cc1ccccc1)Cn1cncn1. The van der Waals surface area contributed by atoms with Crippen LogP contribution < -0.4 is 5.32 Å². The van der Waals surface area contributed by atoms with Crippen LogP contribution >= 0.6 is 0 Å². The van der Waals surface area contributed by atoms with Gasteiger partial charge in [-0.2, -0.15) is 5.10 Å². The smallest absolute Gasteiger partial charge is 0.244 e. The highest BCUT2D eigenvalue weighted by atomic mass is 16.3. The first-order valence-corrected chi connectivity index (χ1v) is 9.09. The van der Waals surface area contributed by atoms with Gasteiger partial charge in [0.25, 0.3) is 0 Å². The Morgan fingerprint density at radius 3 is 2.79 bits per heavy atom. The van der Waals surface area contributed by atoms with E-state index in [9.17, 15) is 4.79 Å². The van der Waals surface area contributed by atoms with Crippen LogP contribution in [0.15, 0.2) is 84.0 Å². The van der Waals surface area contributed by atoms with Crippen molar-refractivity contribution in [3.05, 3.63) is 90.7 Å². The van der Waals surface area contributed by atoms with Crippen LogP contribution in [-0.4, -0.2) is 26.7 Å². The summed E-state index contributed by atoms with van der Waals surface area (Å²) in [4.78, 5) is 16.5. The zero-order valence-electron chi connectivity index (χ0n) is 15.2. The monoisotopic (exact) mass is 372 g/mol. The first-order valence-electron chi connectivity index (χ1n) is 9.09. The third-order valence-corrected chi connectivity index (χ3v) is 4.47. The molecule has 2 aromatic heterocycles. The molecule has 0 aliphatic rings. The Morgan fingerprint density at radius 1 is 1.14 bits per heavy atom.